The van der Waals surface area contributed by atoms with Crippen molar-refractivity contribution in [1.29, 1.82) is 0 Å². The highest BCUT2D eigenvalue weighted by Crippen LogP contribution is 2.34. The zero-order valence-electron chi connectivity index (χ0n) is 12.6. The largest absolute Gasteiger partial charge is 0.356 e. The maximum Gasteiger partial charge on any atom is 0.132 e. The molecule has 1 unspecified atom stereocenters. The van der Waals surface area contributed by atoms with Crippen molar-refractivity contribution >= 4 is 16.7 Å². The molecule has 0 radical (unpaired) electrons. The molecule has 106 valence electrons. The van der Waals surface area contributed by atoms with Crippen LogP contribution in [0.15, 0.2) is 30.3 Å². The molecule has 20 heavy (non-hydrogen) atoms. The molecule has 1 aromatic carbocycles. The summed E-state index contributed by atoms with van der Waals surface area (Å²) in [5.74, 6) is 1.16. The second-order valence-corrected chi connectivity index (χ2v) is 6.33. The van der Waals surface area contributed by atoms with Gasteiger partial charge in [-0.2, -0.15) is 0 Å². The normalized spacial score (nSPS) is 22.6. The van der Waals surface area contributed by atoms with Gasteiger partial charge in [0.15, 0.2) is 0 Å². The van der Waals surface area contributed by atoms with Gasteiger partial charge in [0.25, 0.3) is 0 Å². The number of fused-ring (bicyclic) bond motifs is 1. The van der Waals surface area contributed by atoms with Crippen LogP contribution in [0, 0.1) is 12.3 Å². The monoisotopic (exact) mass is 269 g/mol. The fourth-order valence-electron chi connectivity index (χ4n) is 3.31. The first-order valence-corrected chi connectivity index (χ1v) is 7.37. The van der Waals surface area contributed by atoms with E-state index in [0.29, 0.717) is 5.41 Å². The van der Waals surface area contributed by atoms with Gasteiger partial charge in [-0.3, -0.25) is 0 Å². The number of benzene rings is 1. The minimum Gasteiger partial charge on any atom is -0.356 e. The van der Waals surface area contributed by atoms with Gasteiger partial charge in [0.05, 0.1) is 5.52 Å². The smallest absolute Gasteiger partial charge is 0.132 e. The number of para-hydroxylation sites is 1. The van der Waals surface area contributed by atoms with E-state index in [0.717, 1.165) is 31.0 Å². The lowest BCUT2D eigenvalue weighted by Crippen LogP contribution is -2.33. The van der Waals surface area contributed by atoms with Crippen LogP contribution >= 0.6 is 0 Å². The van der Waals surface area contributed by atoms with Crippen LogP contribution < -0.4 is 10.2 Å². The molecular formula is C17H23N3. The molecule has 0 amide bonds. The SMILES string of the molecule is CNCC1(C)CCN(c2nc3ccccc3cc2C)C1. The molecule has 1 fully saturated rings. The van der Waals surface area contributed by atoms with Gasteiger partial charge < -0.3 is 10.2 Å². The lowest BCUT2D eigenvalue weighted by molar-refractivity contribution is 0.356. The molecule has 3 nitrogen and oxygen atoms in total. The summed E-state index contributed by atoms with van der Waals surface area (Å²) >= 11 is 0. The summed E-state index contributed by atoms with van der Waals surface area (Å²) in [5.41, 5.74) is 2.72. The Hall–Kier alpha value is -1.61. The van der Waals surface area contributed by atoms with Crippen molar-refractivity contribution < 1.29 is 0 Å². The molecular weight excluding hydrogens is 246 g/mol. The lowest BCUT2D eigenvalue weighted by Gasteiger charge is -2.25. The summed E-state index contributed by atoms with van der Waals surface area (Å²) < 4.78 is 0. The molecule has 0 bridgehead atoms. The summed E-state index contributed by atoms with van der Waals surface area (Å²) in [6.45, 7) is 7.78. The zero-order valence-corrected chi connectivity index (χ0v) is 12.6. The summed E-state index contributed by atoms with van der Waals surface area (Å²) in [7, 11) is 2.04. The van der Waals surface area contributed by atoms with Gasteiger partial charge in [-0.15, -0.1) is 0 Å². The number of rotatable bonds is 3. The number of hydrogen-bond acceptors (Lipinski definition) is 3. The topological polar surface area (TPSA) is 28.2 Å². The predicted molar refractivity (Wildman–Crippen MR) is 85.3 cm³/mol. The Morgan fingerprint density at radius 2 is 2.15 bits per heavy atom. The molecule has 3 heteroatoms. The second-order valence-electron chi connectivity index (χ2n) is 6.33. The van der Waals surface area contributed by atoms with Gasteiger partial charge >= 0.3 is 0 Å². The van der Waals surface area contributed by atoms with Gasteiger partial charge in [-0.25, -0.2) is 4.98 Å². The Balaban J connectivity index is 1.93. The molecule has 2 heterocycles. The van der Waals surface area contributed by atoms with E-state index in [1.54, 1.807) is 0 Å². The van der Waals surface area contributed by atoms with E-state index in [-0.39, 0.29) is 0 Å². The molecule has 1 aromatic heterocycles. The maximum absolute atomic E-state index is 4.89. The maximum atomic E-state index is 4.89. The van der Waals surface area contributed by atoms with Crippen molar-refractivity contribution in [3.8, 4) is 0 Å². The summed E-state index contributed by atoms with van der Waals surface area (Å²) in [6.07, 6.45) is 1.22. The Morgan fingerprint density at radius 3 is 2.95 bits per heavy atom. The molecule has 3 rings (SSSR count). The van der Waals surface area contributed by atoms with E-state index in [1.807, 2.05) is 7.05 Å². The van der Waals surface area contributed by atoms with E-state index in [1.165, 1.54) is 17.4 Å². The summed E-state index contributed by atoms with van der Waals surface area (Å²) in [4.78, 5) is 7.33. The highest BCUT2D eigenvalue weighted by molar-refractivity contribution is 5.81. The molecule has 0 spiro atoms. The zero-order chi connectivity index (χ0) is 14.2. The molecule has 1 N–H and O–H groups in total. The first-order valence-electron chi connectivity index (χ1n) is 7.37. The van der Waals surface area contributed by atoms with Crippen LogP contribution in [0.3, 0.4) is 0 Å². The average molecular weight is 269 g/mol. The molecule has 1 aliphatic heterocycles. The van der Waals surface area contributed by atoms with Crippen LogP contribution in [0.1, 0.15) is 18.9 Å². The van der Waals surface area contributed by atoms with E-state index in [9.17, 15) is 0 Å². The number of nitrogens with one attached hydrogen (secondary N) is 1. The van der Waals surface area contributed by atoms with E-state index >= 15 is 0 Å². The van der Waals surface area contributed by atoms with Crippen molar-refractivity contribution in [2.75, 3.05) is 31.6 Å². The number of nitrogens with zero attached hydrogens (tertiary/aromatic N) is 2. The van der Waals surface area contributed by atoms with E-state index in [4.69, 9.17) is 4.98 Å². The van der Waals surface area contributed by atoms with Gasteiger partial charge in [0.1, 0.15) is 5.82 Å². The number of anilines is 1. The van der Waals surface area contributed by atoms with Gasteiger partial charge in [0, 0.05) is 25.0 Å². The van der Waals surface area contributed by atoms with Crippen molar-refractivity contribution in [3.63, 3.8) is 0 Å². The standard InChI is InChI=1S/C17H23N3/c1-13-10-14-6-4-5-7-15(14)19-16(13)20-9-8-17(2,12-20)11-18-3/h4-7,10,18H,8-9,11-12H2,1-3H3. The lowest BCUT2D eigenvalue weighted by atomic mass is 9.90. The minimum absolute atomic E-state index is 0.356. The first kappa shape index (κ1) is 13.4. The number of aryl methyl sites for hydroxylation is 1. The van der Waals surface area contributed by atoms with Crippen LogP contribution in [0.25, 0.3) is 10.9 Å². The fraction of sp³-hybridized carbons (Fsp3) is 0.471. The Bertz CT molecular complexity index is 623. The number of pyridine rings is 1. The first-order chi connectivity index (χ1) is 9.61. The number of aromatic nitrogens is 1. The van der Waals surface area contributed by atoms with Crippen LogP contribution in [-0.4, -0.2) is 31.7 Å². The number of hydrogen-bond donors (Lipinski definition) is 1. The van der Waals surface area contributed by atoms with Gasteiger partial charge in [0.2, 0.25) is 0 Å². The minimum atomic E-state index is 0.356. The summed E-state index contributed by atoms with van der Waals surface area (Å²) in [6, 6.07) is 10.6. The van der Waals surface area contributed by atoms with Crippen LogP contribution in [-0.2, 0) is 0 Å². The third-order valence-electron chi connectivity index (χ3n) is 4.35. The average Bonchev–Trinajstić information content (AvgIpc) is 2.80. The molecule has 1 atom stereocenters. The second kappa shape index (κ2) is 5.06. The summed E-state index contributed by atoms with van der Waals surface area (Å²) in [5, 5.41) is 4.55. The van der Waals surface area contributed by atoms with Gasteiger partial charge in [-0.1, -0.05) is 25.1 Å². The van der Waals surface area contributed by atoms with Crippen molar-refractivity contribution in [3.05, 3.63) is 35.9 Å². The predicted octanol–water partition coefficient (Wildman–Crippen LogP) is 2.98. The Kier molecular flexibility index (Phi) is 3.38. The Morgan fingerprint density at radius 1 is 1.35 bits per heavy atom. The third kappa shape index (κ3) is 2.38. The highest BCUT2D eigenvalue weighted by Gasteiger charge is 2.34. The molecule has 1 aliphatic rings. The van der Waals surface area contributed by atoms with Crippen molar-refractivity contribution in [2.24, 2.45) is 5.41 Å². The molecule has 2 aromatic rings. The highest BCUT2D eigenvalue weighted by atomic mass is 15.2. The quantitative estimate of drug-likeness (QED) is 0.928. The van der Waals surface area contributed by atoms with Crippen LogP contribution in [0.2, 0.25) is 0 Å². The Labute approximate surface area is 121 Å². The molecule has 0 saturated carbocycles. The van der Waals surface area contributed by atoms with Crippen LogP contribution in [0.5, 0.6) is 0 Å². The third-order valence-corrected chi connectivity index (χ3v) is 4.35. The van der Waals surface area contributed by atoms with Crippen molar-refractivity contribution in [2.45, 2.75) is 20.3 Å². The molecule has 1 saturated heterocycles. The van der Waals surface area contributed by atoms with Crippen molar-refractivity contribution in [1.82, 2.24) is 10.3 Å². The van der Waals surface area contributed by atoms with Gasteiger partial charge in [-0.05, 0) is 43.5 Å². The fourth-order valence-corrected chi connectivity index (χ4v) is 3.31. The molecule has 0 aliphatic carbocycles. The van der Waals surface area contributed by atoms with E-state index in [2.05, 4.69) is 54.4 Å². The van der Waals surface area contributed by atoms with Crippen LogP contribution in [0.4, 0.5) is 5.82 Å². The van der Waals surface area contributed by atoms with E-state index < -0.39 is 0 Å².